The van der Waals surface area contributed by atoms with Gasteiger partial charge in [-0.15, -0.1) is 0 Å². The highest BCUT2D eigenvalue weighted by molar-refractivity contribution is 7.87. The molecule has 0 saturated carbocycles. The van der Waals surface area contributed by atoms with Crippen molar-refractivity contribution in [2.45, 2.75) is 18.7 Å². The molecule has 6 heteroatoms. The van der Waals surface area contributed by atoms with Crippen LogP contribution in [0, 0.1) is 25.2 Å². The van der Waals surface area contributed by atoms with Crippen LogP contribution in [0.3, 0.4) is 0 Å². The average molecular weight is 322 g/mol. The highest BCUT2D eigenvalue weighted by atomic mass is 35.5. The van der Waals surface area contributed by atoms with Crippen molar-refractivity contribution < 1.29 is 12.6 Å². The van der Waals surface area contributed by atoms with Gasteiger partial charge >= 0.3 is 10.1 Å². The summed E-state index contributed by atoms with van der Waals surface area (Å²) in [7, 11) is -3.94. The van der Waals surface area contributed by atoms with Crippen LogP contribution in [0.25, 0.3) is 0 Å². The van der Waals surface area contributed by atoms with Crippen LogP contribution in [0.4, 0.5) is 0 Å². The van der Waals surface area contributed by atoms with Gasteiger partial charge in [-0.3, -0.25) is 0 Å². The molecule has 0 aliphatic heterocycles. The molecule has 0 unspecified atom stereocenters. The highest BCUT2D eigenvalue weighted by Crippen LogP contribution is 2.28. The van der Waals surface area contributed by atoms with Gasteiger partial charge in [0.15, 0.2) is 0 Å². The van der Waals surface area contributed by atoms with E-state index in [9.17, 15) is 8.42 Å². The number of halogens is 1. The average Bonchev–Trinajstić information content (AvgIpc) is 2.43. The van der Waals surface area contributed by atoms with Crippen molar-refractivity contribution in [1.29, 1.82) is 5.26 Å². The number of nitrogens with zero attached hydrogens (tertiary/aromatic N) is 1. The summed E-state index contributed by atoms with van der Waals surface area (Å²) in [5, 5.41) is 9.34. The lowest BCUT2D eigenvalue weighted by Crippen LogP contribution is -2.11. The van der Waals surface area contributed by atoms with E-state index in [4.69, 9.17) is 21.0 Å². The normalized spacial score (nSPS) is 11.0. The minimum Gasteiger partial charge on any atom is -0.378 e. The van der Waals surface area contributed by atoms with E-state index in [-0.39, 0.29) is 10.6 Å². The fraction of sp³-hybridized carbons (Fsp3) is 0.133. The number of hydrogen-bond donors (Lipinski definition) is 0. The Hall–Kier alpha value is -2.03. The molecule has 21 heavy (non-hydrogen) atoms. The summed E-state index contributed by atoms with van der Waals surface area (Å²) < 4.78 is 29.7. The Labute approximate surface area is 128 Å². The van der Waals surface area contributed by atoms with Crippen LogP contribution in [0.5, 0.6) is 5.75 Å². The lowest BCUT2D eigenvalue weighted by molar-refractivity contribution is 0.482. The fourth-order valence-corrected chi connectivity index (χ4v) is 3.08. The van der Waals surface area contributed by atoms with Gasteiger partial charge in [0.25, 0.3) is 0 Å². The van der Waals surface area contributed by atoms with E-state index in [1.807, 2.05) is 6.07 Å². The smallest absolute Gasteiger partial charge is 0.339 e. The molecule has 0 radical (unpaired) electrons. The molecule has 108 valence electrons. The maximum absolute atomic E-state index is 12.2. The number of rotatable bonds is 3. The molecule has 0 aliphatic rings. The van der Waals surface area contributed by atoms with E-state index >= 15 is 0 Å². The van der Waals surface area contributed by atoms with Crippen molar-refractivity contribution in [2.24, 2.45) is 0 Å². The van der Waals surface area contributed by atoms with Gasteiger partial charge in [-0.25, -0.2) is 0 Å². The number of nitriles is 1. The summed E-state index contributed by atoms with van der Waals surface area (Å²) >= 11 is 5.74. The molecule has 0 aromatic heterocycles. The third-order valence-electron chi connectivity index (χ3n) is 2.88. The molecule has 0 amide bonds. The standard InChI is InChI=1S/C15H12ClNO3S/c1-10-7-12(9-17)8-11(2)15(10)20-21(18,19)14-5-3-13(16)4-6-14/h3-8H,1-2H3. The van der Waals surface area contributed by atoms with Gasteiger partial charge < -0.3 is 4.18 Å². The van der Waals surface area contributed by atoms with Crippen molar-refractivity contribution in [3.63, 3.8) is 0 Å². The third-order valence-corrected chi connectivity index (χ3v) is 4.37. The Bertz CT molecular complexity index is 798. The molecule has 0 saturated heterocycles. The maximum Gasteiger partial charge on any atom is 0.339 e. The van der Waals surface area contributed by atoms with Crippen LogP contribution >= 0.6 is 11.6 Å². The van der Waals surface area contributed by atoms with Crippen molar-refractivity contribution >= 4 is 21.7 Å². The Morgan fingerprint density at radius 2 is 1.62 bits per heavy atom. The topological polar surface area (TPSA) is 67.2 Å². The fourth-order valence-electron chi connectivity index (χ4n) is 1.91. The van der Waals surface area contributed by atoms with Gasteiger partial charge in [0.05, 0.1) is 11.6 Å². The first-order valence-corrected chi connectivity index (χ1v) is 7.83. The van der Waals surface area contributed by atoms with E-state index < -0.39 is 10.1 Å². The van der Waals surface area contributed by atoms with Gasteiger partial charge in [0.2, 0.25) is 0 Å². The summed E-state index contributed by atoms with van der Waals surface area (Å²) in [4.78, 5) is 0.0232. The van der Waals surface area contributed by atoms with E-state index in [1.165, 1.54) is 24.3 Å². The monoisotopic (exact) mass is 321 g/mol. The zero-order valence-corrected chi connectivity index (χ0v) is 13.0. The summed E-state index contributed by atoms with van der Waals surface area (Å²) in [5.74, 6) is 0.240. The van der Waals surface area contributed by atoms with Gasteiger partial charge in [-0.05, 0) is 61.4 Å². The third kappa shape index (κ3) is 3.35. The first-order valence-electron chi connectivity index (χ1n) is 6.05. The lowest BCUT2D eigenvalue weighted by atomic mass is 10.1. The minimum absolute atomic E-state index is 0.0232. The van der Waals surface area contributed by atoms with Crippen LogP contribution in [0.1, 0.15) is 16.7 Å². The number of hydrogen-bond acceptors (Lipinski definition) is 4. The first-order chi connectivity index (χ1) is 9.83. The molecule has 0 atom stereocenters. The lowest BCUT2D eigenvalue weighted by Gasteiger charge is -2.12. The van der Waals surface area contributed by atoms with Gasteiger partial charge in [0.1, 0.15) is 10.6 Å². The molecule has 0 N–H and O–H groups in total. The van der Waals surface area contributed by atoms with Crippen LogP contribution in [-0.2, 0) is 10.1 Å². The molecule has 0 fully saturated rings. The van der Waals surface area contributed by atoms with Crippen LogP contribution < -0.4 is 4.18 Å². The van der Waals surface area contributed by atoms with Crippen molar-refractivity contribution in [2.75, 3.05) is 0 Å². The predicted octanol–water partition coefficient (Wildman–Crippen LogP) is 3.60. The van der Waals surface area contributed by atoms with Gasteiger partial charge in [0, 0.05) is 5.02 Å². The van der Waals surface area contributed by atoms with Crippen molar-refractivity contribution in [1.82, 2.24) is 0 Å². The predicted molar refractivity (Wildman–Crippen MR) is 79.9 cm³/mol. The number of aryl methyl sites for hydroxylation is 2. The Morgan fingerprint density at radius 3 is 2.10 bits per heavy atom. The first kappa shape index (κ1) is 15.4. The number of benzene rings is 2. The second kappa shape index (κ2) is 5.76. The molecule has 0 bridgehead atoms. The van der Waals surface area contributed by atoms with Crippen LogP contribution in [0.2, 0.25) is 5.02 Å². The Balaban J connectivity index is 2.42. The Kier molecular flexibility index (Phi) is 4.21. The van der Waals surface area contributed by atoms with Crippen LogP contribution in [-0.4, -0.2) is 8.42 Å². The van der Waals surface area contributed by atoms with Crippen molar-refractivity contribution in [3.8, 4) is 11.8 Å². The molecule has 0 aliphatic carbocycles. The summed E-state index contributed by atoms with van der Waals surface area (Å²) in [5.41, 5.74) is 1.63. The molecule has 0 spiro atoms. The summed E-state index contributed by atoms with van der Waals surface area (Å²) in [6, 6.07) is 10.9. The molecule has 2 aromatic carbocycles. The molecule has 2 aromatic rings. The highest BCUT2D eigenvalue weighted by Gasteiger charge is 2.19. The zero-order chi connectivity index (χ0) is 15.6. The quantitative estimate of drug-likeness (QED) is 0.810. The molecular weight excluding hydrogens is 310 g/mol. The van der Waals surface area contributed by atoms with Crippen molar-refractivity contribution in [3.05, 3.63) is 58.1 Å². The van der Waals surface area contributed by atoms with E-state index in [0.717, 1.165) is 0 Å². The van der Waals surface area contributed by atoms with Crippen LogP contribution in [0.15, 0.2) is 41.3 Å². The summed E-state index contributed by atoms with van der Waals surface area (Å²) in [6.45, 7) is 3.39. The second-order valence-corrected chi connectivity index (χ2v) is 6.53. The Morgan fingerprint density at radius 1 is 1.10 bits per heavy atom. The van der Waals surface area contributed by atoms with E-state index in [2.05, 4.69) is 0 Å². The zero-order valence-electron chi connectivity index (χ0n) is 11.4. The SMILES string of the molecule is Cc1cc(C#N)cc(C)c1OS(=O)(=O)c1ccc(Cl)cc1. The van der Waals surface area contributed by atoms with Gasteiger partial charge in [-0.1, -0.05) is 11.6 Å². The molecule has 4 nitrogen and oxygen atoms in total. The molecular formula is C15H12ClNO3S. The summed E-state index contributed by atoms with van der Waals surface area (Å²) in [6.07, 6.45) is 0. The van der Waals surface area contributed by atoms with Gasteiger partial charge in [-0.2, -0.15) is 13.7 Å². The molecule has 0 heterocycles. The van der Waals surface area contributed by atoms with E-state index in [0.29, 0.717) is 21.7 Å². The second-order valence-electron chi connectivity index (χ2n) is 4.54. The largest absolute Gasteiger partial charge is 0.378 e. The molecule has 2 rings (SSSR count). The minimum atomic E-state index is -3.94. The van der Waals surface area contributed by atoms with E-state index in [1.54, 1.807) is 26.0 Å². The maximum atomic E-state index is 12.2.